The zero-order valence-electron chi connectivity index (χ0n) is 19.9. The summed E-state index contributed by atoms with van der Waals surface area (Å²) in [5.41, 5.74) is 2.99. The normalized spacial score (nSPS) is 22.9. The average molecular weight is 475 g/mol. The first-order chi connectivity index (χ1) is 15.5. The Bertz CT molecular complexity index is 1120. The van der Waals surface area contributed by atoms with Crippen molar-refractivity contribution in [2.75, 3.05) is 4.72 Å². The fraction of sp³-hybridized carbons (Fsp3) is 0.583. The molecule has 180 valence electrons. The maximum atomic E-state index is 13.1. The van der Waals surface area contributed by atoms with E-state index in [9.17, 15) is 13.2 Å². The molecule has 4 rings (SSSR count). The Labute approximate surface area is 196 Å². The lowest BCUT2D eigenvalue weighted by Gasteiger charge is -2.39. The summed E-state index contributed by atoms with van der Waals surface area (Å²) in [6.07, 6.45) is 8.38. The van der Waals surface area contributed by atoms with Crippen LogP contribution in [0.2, 0.25) is 0 Å². The number of carbonyl (C=O) groups is 1. The molecule has 1 aromatic heterocycles. The number of hydrogen-bond donors (Lipinski definition) is 1. The molecule has 1 N–H and O–H groups in total. The lowest BCUT2D eigenvalue weighted by molar-refractivity contribution is -0.155. The molecule has 1 unspecified atom stereocenters. The summed E-state index contributed by atoms with van der Waals surface area (Å²) in [5.74, 6) is 0.135. The number of rotatable bonds is 5. The quantitative estimate of drug-likeness (QED) is 0.654. The van der Waals surface area contributed by atoms with Crippen LogP contribution in [0.25, 0.3) is 11.1 Å². The number of aryl methyl sites for hydroxylation is 1. The smallest absolute Gasteiger partial charge is 0.306 e. The molecule has 0 radical (unpaired) electrons. The van der Waals surface area contributed by atoms with Gasteiger partial charge in [0.25, 0.3) is 0 Å². The van der Waals surface area contributed by atoms with Crippen LogP contribution in [0.5, 0.6) is 0 Å². The summed E-state index contributed by atoms with van der Waals surface area (Å²) in [4.78, 5) is 12.1. The van der Waals surface area contributed by atoms with Gasteiger partial charge in [-0.2, -0.15) is 17.8 Å². The minimum Gasteiger partial charge on any atom is -0.460 e. The highest BCUT2D eigenvalue weighted by Crippen LogP contribution is 2.37. The number of benzene rings is 1. The van der Waals surface area contributed by atoms with Crippen molar-refractivity contribution < 1.29 is 17.9 Å². The maximum Gasteiger partial charge on any atom is 0.306 e. The molecule has 0 spiro atoms. The van der Waals surface area contributed by atoms with Crippen molar-refractivity contribution in [3.63, 3.8) is 0 Å². The molecule has 9 heteroatoms. The summed E-state index contributed by atoms with van der Waals surface area (Å²) >= 11 is 0. The standard InChI is InChI=1S/C24H34N4O4S/c1-24(2,3)32-23(29)11-8-17-6-5-7-21(12-17)28-16-19-10-9-18(20-14-25-27(4)15-20)13-22(19)26-33(28,30)31/h9-10,13-15,17,21,26H,5-8,11-12,16H2,1-4H3/t17?,21-/m1/s1. The second-order valence-corrected chi connectivity index (χ2v) is 11.9. The molecular weight excluding hydrogens is 440 g/mol. The van der Waals surface area contributed by atoms with Crippen molar-refractivity contribution in [3.05, 3.63) is 36.2 Å². The van der Waals surface area contributed by atoms with Gasteiger partial charge in [-0.1, -0.05) is 25.0 Å². The molecule has 0 amide bonds. The summed E-state index contributed by atoms with van der Waals surface area (Å²) in [5, 5.41) is 4.20. The Kier molecular flexibility index (Phi) is 6.55. The summed E-state index contributed by atoms with van der Waals surface area (Å²) in [6, 6.07) is 5.82. The van der Waals surface area contributed by atoms with E-state index < -0.39 is 15.8 Å². The number of anilines is 1. The maximum absolute atomic E-state index is 13.1. The van der Waals surface area contributed by atoms with Crippen LogP contribution in [-0.4, -0.2) is 40.1 Å². The van der Waals surface area contributed by atoms with Gasteiger partial charge in [-0.05, 0) is 63.1 Å². The average Bonchev–Trinajstić information content (AvgIpc) is 3.16. The lowest BCUT2D eigenvalue weighted by Crippen LogP contribution is -2.47. The fourth-order valence-electron chi connectivity index (χ4n) is 4.84. The van der Waals surface area contributed by atoms with E-state index >= 15 is 0 Å². The van der Waals surface area contributed by atoms with Crippen molar-refractivity contribution >= 4 is 21.9 Å². The molecular formula is C24H34N4O4S. The molecule has 1 fully saturated rings. The van der Waals surface area contributed by atoms with Crippen molar-refractivity contribution in [3.8, 4) is 11.1 Å². The number of nitrogens with zero attached hydrogens (tertiary/aromatic N) is 3. The van der Waals surface area contributed by atoms with Gasteiger partial charge in [0.05, 0.1) is 11.9 Å². The summed E-state index contributed by atoms with van der Waals surface area (Å²) in [7, 11) is -1.78. The number of esters is 1. The first kappa shape index (κ1) is 23.8. The minimum atomic E-state index is -3.64. The fourth-order valence-corrected chi connectivity index (χ4v) is 6.31. The van der Waals surface area contributed by atoms with Gasteiger partial charge < -0.3 is 4.74 Å². The first-order valence-electron chi connectivity index (χ1n) is 11.6. The Balaban J connectivity index is 1.43. The van der Waals surface area contributed by atoms with E-state index in [4.69, 9.17) is 4.74 Å². The van der Waals surface area contributed by atoms with E-state index in [2.05, 4.69) is 9.82 Å². The molecule has 33 heavy (non-hydrogen) atoms. The molecule has 1 aliphatic carbocycles. The van der Waals surface area contributed by atoms with Crippen LogP contribution < -0.4 is 4.72 Å². The largest absolute Gasteiger partial charge is 0.460 e. The van der Waals surface area contributed by atoms with Crippen LogP contribution in [-0.2, 0) is 33.3 Å². The number of nitrogens with one attached hydrogen (secondary N) is 1. The van der Waals surface area contributed by atoms with Gasteiger partial charge in [-0.25, -0.2) is 0 Å². The molecule has 1 aromatic carbocycles. The summed E-state index contributed by atoms with van der Waals surface area (Å²) in [6.45, 7) is 5.97. The monoisotopic (exact) mass is 474 g/mol. The van der Waals surface area contributed by atoms with Gasteiger partial charge in [-0.15, -0.1) is 0 Å². The van der Waals surface area contributed by atoms with Gasteiger partial charge in [0.1, 0.15) is 5.60 Å². The van der Waals surface area contributed by atoms with Crippen LogP contribution in [0.15, 0.2) is 30.6 Å². The number of ether oxygens (including phenoxy) is 1. The van der Waals surface area contributed by atoms with E-state index in [0.717, 1.165) is 48.8 Å². The van der Waals surface area contributed by atoms with Crippen molar-refractivity contribution in [1.29, 1.82) is 0 Å². The van der Waals surface area contributed by atoms with E-state index in [1.165, 1.54) is 0 Å². The molecule has 1 aliphatic heterocycles. The molecule has 2 atom stereocenters. The second-order valence-electron chi connectivity index (χ2n) is 10.2. The van der Waals surface area contributed by atoms with Gasteiger partial charge in [-0.3, -0.25) is 14.2 Å². The predicted octanol–water partition coefficient (Wildman–Crippen LogP) is 4.24. The Hall–Kier alpha value is -2.39. The minimum absolute atomic E-state index is 0.0639. The Morgan fingerprint density at radius 3 is 2.73 bits per heavy atom. The van der Waals surface area contributed by atoms with Gasteiger partial charge >= 0.3 is 16.2 Å². The Morgan fingerprint density at radius 2 is 2.03 bits per heavy atom. The summed E-state index contributed by atoms with van der Waals surface area (Å²) < 4.78 is 37.8. The zero-order valence-corrected chi connectivity index (χ0v) is 20.7. The number of hydrogen-bond acceptors (Lipinski definition) is 5. The highest BCUT2D eigenvalue weighted by Gasteiger charge is 2.37. The highest BCUT2D eigenvalue weighted by molar-refractivity contribution is 7.90. The van der Waals surface area contributed by atoms with E-state index in [0.29, 0.717) is 24.6 Å². The van der Waals surface area contributed by atoms with Gasteiger partial charge in [0.2, 0.25) is 0 Å². The topological polar surface area (TPSA) is 93.5 Å². The van der Waals surface area contributed by atoms with Gasteiger partial charge in [0, 0.05) is 37.8 Å². The van der Waals surface area contributed by atoms with Crippen molar-refractivity contribution in [2.24, 2.45) is 13.0 Å². The Morgan fingerprint density at radius 1 is 1.24 bits per heavy atom. The third-order valence-corrected chi connectivity index (χ3v) is 7.88. The second kappa shape index (κ2) is 9.10. The number of aromatic nitrogens is 2. The molecule has 2 aromatic rings. The zero-order chi connectivity index (χ0) is 23.8. The lowest BCUT2D eigenvalue weighted by atomic mass is 9.83. The molecule has 8 nitrogen and oxygen atoms in total. The predicted molar refractivity (Wildman–Crippen MR) is 128 cm³/mol. The van der Waals surface area contributed by atoms with E-state index in [1.807, 2.05) is 52.2 Å². The molecule has 2 heterocycles. The van der Waals surface area contributed by atoms with Crippen LogP contribution >= 0.6 is 0 Å². The highest BCUT2D eigenvalue weighted by atomic mass is 32.2. The number of fused-ring (bicyclic) bond motifs is 1. The SMILES string of the molecule is Cn1cc(-c2ccc3c(c2)NS(=O)(=O)N([C@@H]2CCCC(CCC(=O)OC(C)(C)C)C2)C3)cn1. The molecule has 2 aliphatic rings. The van der Waals surface area contributed by atoms with Crippen LogP contribution in [0.4, 0.5) is 5.69 Å². The molecule has 0 saturated heterocycles. The van der Waals surface area contributed by atoms with Crippen molar-refractivity contribution in [2.45, 2.75) is 77.5 Å². The molecule has 0 bridgehead atoms. The van der Waals surface area contributed by atoms with Gasteiger partial charge in [0.15, 0.2) is 0 Å². The molecule has 1 saturated carbocycles. The first-order valence-corrected chi connectivity index (χ1v) is 13.1. The third kappa shape index (κ3) is 5.76. The number of carbonyl (C=O) groups excluding carboxylic acids is 1. The van der Waals surface area contributed by atoms with Crippen molar-refractivity contribution in [1.82, 2.24) is 14.1 Å². The van der Waals surface area contributed by atoms with Crippen LogP contribution in [0, 0.1) is 5.92 Å². The third-order valence-electron chi connectivity index (χ3n) is 6.36. The van der Waals surface area contributed by atoms with E-state index in [-0.39, 0.29) is 12.0 Å². The van der Waals surface area contributed by atoms with Crippen LogP contribution in [0.3, 0.4) is 0 Å². The van der Waals surface area contributed by atoms with E-state index in [1.54, 1.807) is 15.2 Å². The van der Waals surface area contributed by atoms with Crippen LogP contribution in [0.1, 0.15) is 64.9 Å².